The molecule has 0 radical (unpaired) electrons. The van der Waals surface area contributed by atoms with Gasteiger partial charge in [0.1, 0.15) is 5.75 Å². The van der Waals surface area contributed by atoms with Gasteiger partial charge in [-0.15, -0.1) is 0 Å². The lowest BCUT2D eigenvalue weighted by Crippen LogP contribution is -2.35. The topological polar surface area (TPSA) is 47.3 Å². The summed E-state index contributed by atoms with van der Waals surface area (Å²) in [6.45, 7) is 6.44. The molecule has 1 atom stereocenters. The van der Waals surface area contributed by atoms with Crippen LogP contribution in [-0.4, -0.2) is 6.10 Å². The van der Waals surface area contributed by atoms with Crippen molar-refractivity contribution in [3.05, 3.63) is 29.8 Å². The van der Waals surface area contributed by atoms with E-state index in [1.807, 2.05) is 19.9 Å². The van der Waals surface area contributed by atoms with Crippen LogP contribution >= 0.6 is 0 Å². The molecular formula is C17H28N2O. The van der Waals surface area contributed by atoms with Gasteiger partial charge in [0.25, 0.3) is 0 Å². The number of rotatable bonds is 5. The minimum Gasteiger partial charge on any atom is -0.491 e. The highest BCUT2D eigenvalue weighted by Crippen LogP contribution is 2.37. The summed E-state index contributed by atoms with van der Waals surface area (Å²) in [5.74, 6) is 8.25. The number of ether oxygens (including phenoxy) is 1. The van der Waals surface area contributed by atoms with Gasteiger partial charge in [-0.25, -0.2) is 0 Å². The van der Waals surface area contributed by atoms with Crippen LogP contribution in [0.5, 0.6) is 5.75 Å². The van der Waals surface area contributed by atoms with Gasteiger partial charge in [-0.05, 0) is 56.2 Å². The van der Waals surface area contributed by atoms with E-state index in [-0.39, 0.29) is 12.1 Å². The fraction of sp³-hybridized carbons (Fsp3) is 0.647. The Morgan fingerprint density at radius 2 is 1.90 bits per heavy atom. The predicted octanol–water partition coefficient (Wildman–Crippen LogP) is 3.80. The summed E-state index contributed by atoms with van der Waals surface area (Å²) >= 11 is 0. The number of hydrogen-bond donors (Lipinski definition) is 2. The van der Waals surface area contributed by atoms with Gasteiger partial charge in [-0.2, -0.15) is 0 Å². The van der Waals surface area contributed by atoms with Gasteiger partial charge >= 0.3 is 0 Å². The molecule has 0 aromatic heterocycles. The lowest BCUT2D eigenvalue weighted by molar-refractivity contribution is 0.228. The van der Waals surface area contributed by atoms with Crippen molar-refractivity contribution in [3.8, 4) is 5.75 Å². The monoisotopic (exact) mass is 276 g/mol. The van der Waals surface area contributed by atoms with Gasteiger partial charge in [0.05, 0.1) is 6.10 Å². The zero-order chi connectivity index (χ0) is 14.5. The van der Waals surface area contributed by atoms with E-state index in [9.17, 15) is 0 Å². The second-order valence-electron chi connectivity index (χ2n) is 6.40. The summed E-state index contributed by atoms with van der Waals surface area (Å²) in [5, 5.41) is 0. The van der Waals surface area contributed by atoms with E-state index in [2.05, 4.69) is 30.5 Å². The van der Waals surface area contributed by atoms with Crippen molar-refractivity contribution in [2.24, 2.45) is 17.7 Å². The Morgan fingerprint density at radius 1 is 1.20 bits per heavy atom. The zero-order valence-electron chi connectivity index (χ0n) is 12.9. The van der Waals surface area contributed by atoms with Crippen LogP contribution in [0.1, 0.15) is 58.1 Å². The third-order valence-electron chi connectivity index (χ3n) is 4.30. The molecule has 0 heterocycles. The van der Waals surface area contributed by atoms with Crippen molar-refractivity contribution in [1.82, 2.24) is 5.43 Å². The Balaban J connectivity index is 2.10. The maximum absolute atomic E-state index is 5.83. The van der Waals surface area contributed by atoms with Crippen molar-refractivity contribution in [2.75, 3.05) is 0 Å². The molecular weight excluding hydrogens is 248 g/mol. The van der Waals surface area contributed by atoms with Gasteiger partial charge in [0.2, 0.25) is 0 Å². The van der Waals surface area contributed by atoms with Crippen molar-refractivity contribution in [2.45, 2.75) is 58.6 Å². The van der Waals surface area contributed by atoms with Crippen LogP contribution < -0.4 is 16.0 Å². The molecule has 0 bridgehead atoms. The van der Waals surface area contributed by atoms with E-state index in [1.165, 1.54) is 31.2 Å². The van der Waals surface area contributed by atoms with E-state index >= 15 is 0 Å². The molecule has 3 nitrogen and oxygen atoms in total. The zero-order valence-corrected chi connectivity index (χ0v) is 12.9. The summed E-state index contributed by atoms with van der Waals surface area (Å²) < 4.78 is 5.79. The van der Waals surface area contributed by atoms with Crippen LogP contribution in [0.25, 0.3) is 0 Å². The molecule has 2 rings (SSSR count). The fourth-order valence-electron chi connectivity index (χ4n) is 3.18. The van der Waals surface area contributed by atoms with Crippen molar-refractivity contribution in [1.29, 1.82) is 0 Å². The molecule has 20 heavy (non-hydrogen) atoms. The van der Waals surface area contributed by atoms with Crippen LogP contribution in [0, 0.1) is 11.8 Å². The molecule has 1 unspecified atom stereocenters. The average molecular weight is 276 g/mol. The Morgan fingerprint density at radius 3 is 2.50 bits per heavy atom. The molecule has 1 saturated carbocycles. The van der Waals surface area contributed by atoms with Crippen molar-refractivity contribution < 1.29 is 4.74 Å². The van der Waals surface area contributed by atoms with Crippen LogP contribution in [0.3, 0.4) is 0 Å². The molecule has 112 valence electrons. The van der Waals surface area contributed by atoms with E-state index in [1.54, 1.807) is 0 Å². The van der Waals surface area contributed by atoms with Crippen LogP contribution in [0.15, 0.2) is 24.3 Å². The van der Waals surface area contributed by atoms with Crippen LogP contribution in [-0.2, 0) is 0 Å². The third-order valence-corrected chi connectivity index (χ3v) is 4.30. The first kappa shape index (κ1) is 15.3. The quantitative estimate of drug-likeness (QED) is 0.635. The summed E-state index contributed by atoms with van der Waals surface area (Å²) in [7, 11) is 0. The number of hydrogen-bond acceptors (Lipinski definition) is 3. The summed E-state index contributed by atoms with van der Waals surface area (Å²) in [6, 6.07) is 8.58. The van der Waals surface area contributed by atoms with E-state index < -0.39 is 0 Å². The maximum Gasteiger partial charge on any atom is 0.120 e. The van der Waals surface area contributed by atoms with Crippen LogP contribution in [0.4, 0.5) is 0 Å². The van der Waals surface area contributed by atoms with Gasteiger partial charge in [0.15, 0.2) is 0 Å². The Bertz CT molecular complexity index is 411. The number of hydrazine groups is 1. The third kappa shape index (κ3) is 3.97. The minimum absolute atomic E-state index is 0.199. The van der Waals surface area contributed by atoms with Crippen molar-refractivity contribution in [3.63, 3.8) is 0 Å². The van der Waals surface area contributed by atoms with Crippen molar-refractivity contribution >= 4 is 0 Å². The minimum atomic E-state index is 0.199. The summed E-state index contributed by atoms with van der Waals surface area (Å²) in [6.07, 6.45) is 5.33. The molecule has 0 spiro atoms. The van der Waals surface area contributed by atoms with Gasteiger partial charge in [-0.3, -0.25) is 11.3 Å². The second-order valence-corrected chi connectivity index (χ2v) is 6.40. The molecule has 1 aromatic rings. The summed E-state index contributed by atoms with van der Waals surface area (Å²) in [5.41, 5.74) is 4.27. The molecule has 3 N–H and O–H groups in total. The van der Waals surface area contributed by atoms with E-state index in [0.29, 0.717) is 5.92 Å². The lowest BCUT2D eigenvalue weighted by atomic mass is 9.77. The Labute approximate surface area is 122 Å². The SMILES string of the molecule is CC1CCC(C(NN)c2cccc(OC(C)C)c2)CC1. The van der Waals surface area contributed by atoms with Gasteiger partial charge in [0, 0.05) is 6.04 Å². The normalized spacial score (nSPS) is 24.6. The maximum atomic E-state index is 5.83. The standard InChI is InChI=1S/C17H28N2O/c1-12(2)20-16-6-4-5-15(11-16)17(19-18)14-9-7-13(3)8-10-14/h4-6,11-14,17,19H,7-10,18H2,1-3H3. The Kier molecular flexibility index (Phi) is 5.44. The smallest absolute Gasteiger partial charge is 0.120 e. The molecule has 0 saturated heterocycles. The molecule has 1 aliphatic rings. The lowest BCUT2D eigenvalue weighted by Gasteiger charge is -2.32. The molecule has 1 aromatic carbocycles. The van der Waals surface area contributed by atoms with Crippen LogP contribution in [0.2, 0.25) is 0 Å². The van der Waals surface area contributed by atoms with Gasteiger partial charge in [-0.1, -0.05) is 31.9 Å². The number of nitrogens with two attached hydrogens (primary N) is 1. The molecule has 3 heteroatoms. The molecule has 1 aliphatic carbocycles. The molecule has 0 aliphatic heterocycles. The van der Waals surface area contributed by atoms with E-state index in [4.69, 9.17) is 10.6 Å². The molecule has 0 amide bonds. The molecule has 1 fully saturated rings. The number of nitrogens with one attached hydrogen (secondary N) is 1. The number of benzene rings is 1. The highest BCUT2D eigenvalue weighted by Gasteiger charge is 2.26. The fourth-order valence-corrected chi connectivity index (χ4v) is 3.18. The highest BCUT2D eigenvalue weighted by atomic mass is 16.5. The second kappa shape index (κ2) is 7.09. The average Bonchev–Trinajstić information content (AvgIpc) is 2.41. The first-order valence-corrected chi connectivity index (χ1v) is 7.83. The highest BCUT2D eigenvalue weighted by molar-refractivity contribution is 5.31. The Hall–Kier alpha value is -1.06. The largest absolute Gasteiger partial charge is 0.491 e. The summed E-state index contributed by atoms with van der Waals surface area (Å²) in [4.78, 5) is 0. The first-order valence-electron chi connectivity index (χ1n) is 7.83. The predicted molar refractivity (Wildman–Crippen MR) is 83.4 cm³/mol. The first-order chi connectivity index (χ1) is 9.60. The van der Waals surface area contributed by atoms with Gasteiger partial charge < -0.3 is 4.74 Å². The van der Waals surface area contributed by atoms with E-state index in [0.717, 1.165) is 11.7 Å².